The highest BCUT2D eigenvalue weighted by Crippen LogP contribution is 2.32. The molecule has 6 heteroatoms. The Morgan fingerprint density at radius 1 is 1.12 bits per heavy atom. The van der Waals surface area contributed by atoms with Crippen LogP contribution in [0.1, 0.15) is 23.6 Å². The van der Waals surface area contributed by atoms with Gasteiger partial charge < -0.3 is 9.47 Å². The number of ether oxygens (including phenoxy) is 2. The number of nitrogens with one attached hydrogen (secondary N) is 1. The molecule has 0 bridgehead atoms. The van der Waals surface area contributed by atoms with Crippen LogP contribution in [0.2, 0.25) is 0 Å². The highest BCUT2D eigenvalue weighted by Gasteiger charge is 2.38. The minimum atomic E-state index is -3.62. The molecule has 0 unspecified atom stereocenters. The number of methoxy groups -OCH3 is 1. The summed E-state index contributed by atoms with van der Waals surface area (Å²) >= 11 is 0. The van der Waals surface area contributed by atoms with Gasteiger partial charge in [-0.05, 0) is 48.7 Å². The normalized spacial score (nSPS) is 15.7. The minimum absolute atomic E-state index is 0.229. The lowest BCUT2D eigenvalue weighted by atomic mass is 10.0. The molecule has 0 atom stereocenters. The molecule has 1 aliphatic carbocycles. The van der Waals surface area contributed by atoms with Crippen molar-refractivity contribution in [2.75, 3.05) is 20.3 Å². The summed E-state index contributed by atoms with van der Waals surface area (Å²) in [5.41, 5.74) is 2.68. The maximum Gasteiger partial charge on any atom is 0.240 e. The highest BCUT2D eigenvalue weighted by molar-refractivity contribution is 7.89. The van der Waals surface area contributed by atoms with E-state index in [9.17, 15) is 8.42 Å². The van der Waals surface area contributed by atoms with Crippen LogP contribution in [0.3, 0.4) is 0 Å². The summed E-state index contributed by atoms with van der Waals surface area (Å²) in [6.07, 6.45) is 1.40. The van der Waals surface area contributed by atoms with E-state index in [1.807, 2.05) is 26.0 Å². The lowest BCUT2D eigenvalue weighted by molar-refractivity contribution is 0.00378. The van der Waals surface area contributed by atoms with Crippen molar-refractivity contribution >= 4 is 10.0 Å². The third kappa shape index (κ3) is 3.77. The summed E-state index contributed by atoms with van der Waals surface area (Å²) < 4.78 is 39.4. The Morgan fingerprint density at radius 2 is 1.77 bits per heavy atom. The van der Waals surface area contributed by atoms with Gasteiger partial charge in [-0.15, -0.1) is 0 Å². The Hall–Kier alpha value is -1.89. The average Bonchev–Trinajstić information content (AvgIpc) is 3.01. The predicted molar refractivity (Wildman–Crippen MR) is 101 cm³/mol. The van der Waals surface area contributed by atoms with Crippen LogP contribution in [-0.2, 0) is 27.6 Å². The van der Waals surface area contributed by atoms with Gasteiger partial charge in [-0.3, -0.25) is 0 Å². The highest BCUT2D eigenvalue weighted by atomic mass is 32.2. The molecular weight excluding hydrogens is 350 g/mol. The molecule has 2 aromatic rings. The van der Waals surface area contributed by atoms with Crippen molar-refractivity contribution in [3.05, 3.63) is 59.2 Å². The van der Waals surface area contributed by atoms with Crippen molar-refractivity contribution in [2.45, 2.75) is 37.2 Å². The molecule has 0 radical (unpaired) electrons. The molecule has 5 nitrogen and oxygen atoms in total. The van der Waals surface area contributed by atoms with Gasteiger partial charge in [0.15, 0.2) is 0 Å². The first-order valence-electron chi connectivity index (χ1n) is 8.74. The van der Waals surface area contributed by atoms with Gasteiger partial charge in [-0.2, -0.15) is 0 Å². The van der Waals surface area contributed by atoms with E-state index in [0.29, 0.717) is 25.2 Å². The fraction of sp³-hybridized carbons (Fsp3) is 0.400. The molecule has 3 rings (SSSR count). The van der Waals surface area contributed by atoms with Gasteiger partial charge in [0.1, 0.15) is 5.75 Å². The second-order valence-corrected chi connectivity index (χ2v) is 8.46. The molecular formula is C20H25NO4S. The summed E-state index contributed by atoms with van der Waals surface area (Å²) in [6.45, 7) is 4.51. The van der Waals surface area contributed by atoms with Gasteiger partial charge >= 0.3 is 0 Å². The summed E-state index contributed by atoms with van der Waals surface area (Å²) in [5, 5.41) is 0. The minimum Gasteiger partial charge on any atom is -0.494 e. The average molecular weight is 375 g/mol. The molecule has 0 saturated carbocycles. The summed E-state index contributed by atoms with van der Waals surface area (Å²) in [7, 11) is -1.98. The summed E-state index contributed by atoms with van der Waals surface area (Å²) in [6, 6.07) is 13.0. The number of hydrogen-bond acceptors (Lipinski definition) is 4. The largest absolute Gasteiger partial charge is 0.494 e. The maximum atomic E-state index is 12.7. The summed E-state index contributed by atoms with van der Waals surface area (Å²) in [4.78, 5) is 0.236. The Balaban J connectivity index is 1.75. The standard InChI is InChI=1S/C20H25NO4S/c1-4-25-19-10-9-18(11-15(19)2)26(22,23)21-14-20(24-3)12-16-7-5-6-8-17(16)13-20/h5-11,21H,4,12-14H2,1-3H3. The zero-order valence-electron chi connectivity index (χ0n) is 15.4. The van der Waals surface area contributed by atoms with Crippen molar-refractivity contribution in [3.8, 4) is 5.75 Å². The number of hydrogen-bond donors (Lipinski definition) is 1. The van der Waals surface area contributed by atoms with E-state index >= 15 is 0 Å². The van der Waals surface area contributed by atoms with E-state index in [1.54, 1.807) is 25.3 Å². The quantitative estimate of drug-likeness (QED) is 0.808. The number of rotatable bonds is 7. The molecule has 0 heterocycles. The smallest absolute Gasteiger partial charge is 0.240 e. The van der Waals surface area contributed by atoms with Gasteiger partial charge in [-0.1, -0.05) is 24.3 Å². The molecule has 0 saturated heterocycles. The Labute approximate surface area is 155 Å². The van der Waals surface area contributed by atoms with Crippen LogP contribution in [0.25, 0.3) is 0 Å². The van der Waals surface area contributed by atoms with Crippen LogP contribution in [0.4, 0.5) is 0 Å². The Kier molecular flexibility index (Phi) is 5.37. The van der Waals surface area contributed by atoms with Crippen molar-refractivity contribution in [2.24, 2.45) is 0 Å². The van der Waals surface area contributed by atoms with Crippen molar-refractivity contribution in [1.29, 1.82) is 0 Å². The molecule has 2 aromatic carbocycles. The van der Waals surface area contributed by atoms with Crippen molar-refractivity contribution in [1.82, 2.24) is 4.72 Å². The molecule has 0 aliphatic heterocycles. The molecule has 0 fully saturated rings. The van der Waals surface area contributed by atoms with Crippen molar-refractivity contribution < 1.29 is 17.9 Å². The van der Waals surface area contributed by atoms with E-state index in [0.717, 1.165) is 5.56 Å². The SMILES string of the molecule is CCOc1ccc(S(=O)(=O)NCC2(OC)Cc3ccccc3C2)cc1C. The first-order valence-corrected chi connectivity index (χ1v) is 10.2. The van der Waals surface area contributed by atoms with E-state index in [4.69, 9.17) is 9.47 Å². The Bertz CT molecular complexity index is 867. The van der Waals surface area contributed by atoms with Crippen LogP contribution in [0, 0.1) is 6.92 Å². The van der Waals surface area contributed by atoms with Crippen LogP contribution < -0.4 is 9.46 Å². The topological polar surface area (TPSA) is 64.6 Å². The lowest BCUT2D eigenvalue weighted by Gasteiger charge is -2.27. The van der Waals surface area contributed by atoms with Crippen LogP contribution >= 0.6 is 0 Å². The fourth-order valence-corrected chi connectivity index (χ4v) is 4.62. The van der Waals surface area contributed by atoms with Crippen molar-refractivity contribution in [3.63, 3.8) is 0 Å². The number of aryl methyl sites for hydroxylation is 1. The van der Waals surface area contributed by atoms with E-state index in [1.165, 1.54) is 11.1 Å². The van der Waals surface area contributed by atoms with Crippen LogP contribution in [-0.4, -0.2) is 34.3 Å². The zero-order chi connectivity index (χ0) is 18.8. The third-order valence-corrected chi connectivity index (χ3v) is 6.32. The molecule has 1 aliphatic rings. The zero-order valence-corrected chi connectivity index (χ0v) is 16.2. The van der Waals surface area contributed by atoms with Crippen LogP contribution in [0.15, 0.2) is 47.4 Å². The third-order valence-electron chi connectivity index (χ3n) is 4.92. The van der Waals surface area contributed by atoms with E-state index in [-0.39, 0.29) is 11.4 Å². The number of benzene rings is 2. The predicted octanol–water partition coefficient (Wildman–Crippen LogP) is 2.86. The molecule has 140 valence electrons. The summed E-state index contributed by atoms with van der Waals surface area (Å²) in [5.74, 6) is 0.700. The molecule has 1 N–H and O–H groups in total. The molecule has 0 aromatic heterocycles. The monoisotopic (exact) mass is 375 g/mol. The van der Waals surface area contributed by atoms with E-state index in [2.05, 4.69) is 16.9 Å². The number of fused-ring (bicyclic) bond motifs is 1. The Morgan fingerprint density at radius 3 is 2.31 bits per heavy atom. The van der Waals surface area contributed by atoms with Gasteiger partial charge in [0.25, 0.3) is 0 Å². The second-order valence-electron chi connectivity index (χ2n) is 6.69. The number of sulfonamides is 1. The lowest BCUT2D eigenvalue weighted by Crippen LogP contribution is -2.45. The van der Waals surface area contributed by atoms with Gasteiger partial charge in [0.2, 0.25) is 10.0 Å². The second kappa shape index (κ2) is 7.39. The van der Waals surface area contributed by atoms with Gasteiger partial charge in [0, 0.05) is 26.5 Å². The molecule has 0 spiro atoms. The molecule has 0 amide bonds. The fourth-order valence-electron chi connectivity index (χ4n) is 3.42. The van der Waals surface area contributed by atoms with Gasteiger partial charge in [-0.25, -0.2) is 13.1 Å². The first-order chi connectivity index (χ1) is 12.4. The van der Waals surface area contributed by atoms with Gasteiger partial charge in [0.05, 0.1) is 17.1 Å². The van der Waals surface area contributed by atoms with Crippen LogP contribution in [0.5, 0.6) is 5.75 Å². The maximum absolute atomic E-state index is 12.7. The first kappa shape index (κ1) is 18.9. The molecule has 26 heavy (non-hydrogen) atoms. The van der Waals surface area contributed by atoms with E-state index < -0.39 is 15.6 Å².